The Morgan fingerprint density at radius 1 is 1.04 bits per heavy atom. The molecule has 0 fully saturated rings. The van der Waals surface area contributed by atoms with Gasteiger partial charge in [-0.15, -0.1) is 10.2 Å². The van der Waals surface area contributed by atoms with Crippen molar-refractivity contribution in [1.29, 1.82) is 0 Å². The molecule has 1 heterocycles. The standard InChI is InChI=1S/C19H16ClFN4O/c20-14-5-3-6-15(12-14)23-18-9-8-17(24-25-18)19(26)22-11-10-13-4-1-2-7-16(13)21/h1-9,12H,10-11H2,(H,22,26)(H,23,25). The average Bonchev–Trinajstić information content (AvgIpc) is 2.64. The number of aromatic nitrogens is 2. The summed E-state index contributed by atoms with van der Waals surface area (Å²) in [5.74, 6) is -0.142. The topological polar surface area (TPSA) is 66.9 Å². The SMILES string of the molecule is O=C(NCCc1ccccc1F)c1ccc(Nc2cccc(Cl)c2)nn1. The Kier molecular flexibility index (Phi) is 5.76. The van der Waals surface area contributed by atoms with Crippen LogP contribution in [0.3, 0.4) is 0 Å². The maximum absolute atomic E-state index is 13.5. The molecule has 3 aromatic rings. The van der Waals surface area contributed by atoms with Crippen LogP contribution in [0.25, 0.3) is 0 Å². The summed E-state index contributed by atoms with van der Waals surface area (Å²) < 4.78 is 13.5. The molecule has 3 rings (SSSR count). The van der Waals surface area contributed by atoms with E-state index in [-0.39, 0.29) is 17.4 Å². The van der Waals surface area contributed by atoms with E-state index in [1.807, 2.05) is 12.1 Å². The van der Waals surface area contributed by atoms with Crippen molar-refractivity contribution in [2.75, 3.05) is 11.9 Å². The predicted octanol–water partition coefficient (Wildman–Crippen LogP) is 3.99. The van der Waals surface area contributed by atoms with Crippen molar-refractivity contribution in [3.63, 3.8) is 0 Å². The number of halogens is 2. The van der Waals surface area contributed by atoms with Crippen LogP contribution in [0.15, 0.2) is 60.7 Å². The van der Waals surface area contributed by atoms with Crippen LogP contribution in [0.1, 0.15) is 16.1 Å². The van der Waals surface area contributed by atoms with E-state index in [1.165, 1.54) is 6.07 Å². The van der Waals surface area contributed by atoms with Crippen LogP contribution in [0.4, 0.5) is 15.9 Å². The first-order valence-electron chi connectivity index (χ1n) is 8.00. The molecule has 0 bridgehead atoms. The zero-order chi connectivity index (χ0) is 18.4. The molecule has 26 heavy (non-hydrogen) atoms. The van der Waals surface area contributed by atoms with Crippen molar-refractivity contribution < 1.29 is 9.18 Å². The molecular formula is C19H16ClFN4O. The summed E-state index contributed by atoms with van der Waals surface area (Å²) in [6.07, 6.45) is 0.403. The van der Waals surface area contributed by atoms with E-state index in [9.17, 15) is 9.18 Å². The van der Waals surface area contributed by atoms with Crippen LogP contribution >= 0.6 is 11.6 Å². The highest BCUT2D eigenvalue weighted by molar-refractivity contribution is 6.30. The van der Waals surface area contributed by atoms with Crippen LogP contribution in [0.5, 0.6) is 0 Å². The molecule has 132 valence electrons. The number of hydrogen-bond donors (Lipinski definition) is 2. The summed E-state index contributed by atoms with van der Waals surface area (Å²) in [7, 11) is 0. The maximum Gasteiger partial charge on any atom is 0.271 e. The zero-order valence-corrected chi connectivity index (χ0v) is 14.5. The Balaban J connectivity index is 1.54. The lowest BCUT2D eigenvalue weighted by Crippen LogP contribution is -2.27. The van der Waals surface area contributed by atoms with E-state index >= 15 is 0 Å². The number of anilines is 2. The number of hydrogen-bond acceptors (Lipinski definition) is 4. The minimum atomic E-state index is -0.358. The third kappa shape index (κ3) is 4.77. The molecule has 0 saturated heterocycles. The highest BCUT2D eigenvalue weighted by atomic mass is 35.5. The van der Waals surface area contributed by atoms with Gasteiger partial charge in [-0.05, 0) is 48.4 Å². The third-order valence-electron chi connectivity index (χ3n) is 3.63. The maximum atomic E-state index is 13.5. The normalized spacial score (nSPS) is 10.4. The summed E-state index contributed by atoms with van der Waals surface area (Å²) in [6, 6.07) is 16.9. The van der Waals surface area contributed by atoms with Gasteiger partial charge in [0.25, 0.3) is 5.91 Å². The van der Waals surface area contributed by atoms with E-state index < -0.39 is 0 Å². The first-order valence-corrected chi connectivity index (χ1v) is 8.37. The average molecular weight is 371 g/mol. The number of carbonyl (C=O) groups excluding carboxylic acids is 1. The summed E-state index contributed by atoms with van der Waals surface area (Å²) >= 11 is 5.93. The van der Waals surface area contributed by atoms with Crippen molar-refractivity contribution in [3.05, 3.63) is 82.8 Å². The molecule has 0 aliphatic carbocycles. The Hall–Kier alpha value is -2.99. The predicted molar refractivity (Wildman–Crippen MR) is 99.2 cm³/mol. The van der Waals surface area contributed by atoms with Gasteiger partial charge in [0.2, 0.25) is 0 Å². The Morgan fingerprint density at radius 2 is 1.88 bits per heavy atom. The van der Waals surface area contributed by atoms with Crippen LogP contribution in [-0.4, -0.2) is 22.6 Å². The molecule has 2 aromatic carbocycles. The van der Waals surface area contributed by atoms with Crippen molar-refractivity contribution in [3.8, 4) is 0 Å². The van der Waals surface area contributed by atoms with Crippen molar-refractivity contribution >= 4 is 29.0 Å². The van der Waals surface area contributed by atoms with Crippen LogP contribution < -0.4 is 10.6 Å². The molecule has 0 aliphatic heterocycles. The van der Waals surface area contributed by atoms with Crippen LogP contribution in [0, 0.1) is 5.82 Å². The number of nitrogens with one attached hydrogen (secondary N) is 2. The molecule has 0 spiro atoms. The molecular weight excluding hydrogens is 355 g/mol. The fourth-order valence-corrected chi connectivity index (χ4v) is 2.53. The monoisotopic (exact) mass is 370 g/mol. The highest BCUT2D eigenvalue weighted by Crippen LogP contribution is 2.18. The number of benzene rings is 2. The van der Waals surface area contributed by atoms with Gasteiger partial charge in [-0.25, -0.2) is 4.39 Å². The van der Waals surface area contributed by atoms with Crippen molar-refractivity contribution in [2.24, 2.45) is 0 Å². The molecule has 7 heteroatoms. The van der Waals surface area contributed by atoms with Gasteiger partial charge in [0.1, 0.15) is 5.82 Å². The lowest BCUT2D eigenvalue weighted by atomic mass is 10.1. The molecule has 0 atom stereocenters. The molecule has 0 saturated carbocycles. The van der Waals surface area contributed by atoms with E-state index in [4.69, 9.17) is 11.6 Å². The minimum Gasteiger partial charge on any atom is -0.350 e. The third-order valence-corrected chi connectivity index (χ3v) is 3.87. The Labute approximate surface area is 155 Å². The molecule has 2 N–H and O–H groups in total. The lowest BCUT2D eigenvalue weighted by molar-refractivity contribution is 0.0948. The number of rotatable bonds is 6. The van der Waals surface area contributed by atoms with Gasteiger partial charge < -0.3 is 10.6 Å². The molecule has 0 unspecified atom stereocenters. The van der Waals surface area contributed by atoms with E-state index in [2.05, 4.69) is 20.8 Å². The van der Waals surface area contributed by atoms with E-state index in [0.29, 0.717) is 29.4 Å². The first-order chi connectivity index (χ1) is 12.6. The smallest absolute Gasteiger partial charge is 0.271 e. The Bertz CT molecular complexity index is 902. The van der Waals surface area contributed by atoms with Gasteiger partial charge in [-0.1, -0.05) is 35.9 Å². The van der Waals surface area contributed by atoms with E-state index in [0.717, 1.165) is 5.69 Å². The second-order valence-corrected chi connectivity index (χ2v) is 5.97. The van der Waals surface area contributed by atoms with Crippen molar-refractivity contribution in [2.45, 2.75) is 6.42 Å². The molecule has 0 radical (unpaired) electrons. The quantitative estimate of drug-likeness (QED) is 0.688. The van der Waals surface area contributed by atoms with Crippen LogP contribution in [0.2, 0.25) is 5.02 Å². The van der Waals surface area contributed by atoms with Gasteiger partial charge in [0, 0.05) is 17.3 Å². The number of nitrogens with zero attached hydrogens (tertiary/aromatic N) is 2. The summed E-state index contributed by atoms with van der Waals surface area (Å²) in [4.78, 5) is 12.1. The lowest BCUT2D eigenvalue weighted by Gasteiger charge is -2.07. The molecule has 1 amide bonds. The van der Waals surface area contributed by atoms with Crippen molar-refractivity contribution in [1.82, 2.24) is 15.5 Å². The van der Waals surface area contributed by atoms with E-state index in [1.54, 1.807) is 42.5 Å². The van der Waals surface area contributed by atoms with Gasteiger partial charge in [0.05, 0.1) is 0 Å². The first kappa shape index (κ1) is 17.8. The van der Waals surface area contributed by atoms with Gasteiger partial charge in [0.15, 0.2) is 11.5 Å². The van der Waals surface area contributed by atoms with Crippen LogP contribution in [-0.2, 0) is 6.42 Å². The summed E-state index contributed by atoms with van der Waals surface area (Å²) in [5, 5.41) is 14.2. The van der Waals surface area contributed by atoms with Gasteiger partial charge in [-0.3, -0.25) is 4.79 Å². The summed E-state index contributed by atoms with van der Waals surface area (Å²) in [6.45, 7) is 0.309. The summed E-state index contributed by atoms with van der Waals surface area (Å²) in [5.41, 5.74) is 1.52. The highest BCUT2D eigenvalue weighted by Gasteiger charge is 2.09. The van der Waals surface area contributed by atoms with Gasteiger partial charge in [-0.2, -0.15) is 0 Å². The second kappa shape index (κ2) is 8.40. The fourth-order valence-electron chi connectivity index (χ4n) is 2.34. The number of amides is 1. The molecule has 5 nitrogen and oxygen atoms in total. The second-order valence-electron chi connectivity index (χ2n) is 5.54. The molecule has 0 aliphatic rings. The van der Waals surface area contributed by atoms with Gasteiger partial charge >= 0.3 is 0 Å². The number of carbonyl (C=O) groups is 1. The largest absolute Gasteiger partial charge is 0.350 e. The minimum absolute atomic E-state index is 0.190. The fraction of sp³-hybridized carbons (Fsp3) is 0.105. The molecule has 1 aromatic heterocycles. The Morgan fingerprint density at radius 3 is 2.62 bits per heavy atom. The zero-order valence-electron chi connectivity index (χ0n) is 13.7.